The van der Waals surface area contributed by atoms with E-state index in [1.165, 1.54) is 9.75 Å². The summed E-state index contributed by atoms with van der Waals surface area (Å²) in [6.45, 7) is 9.87. The van der Waals surface area contributed by atoms with Gasteiger partial charge in [0.1, 0.15) is 0 Å². The van der Waals surface area contributed by atoms with Crippen LogP contribution < -0.4 is 16.4 Å². The van der Waals surface area contributed by atoms with Gasteiger partial charge < -0.3 is 21.3 Å². The quantitative estimate of drug-likeness (QED) is 0.324. The molecule has 0 aliphatic carbocycles. The van der Waals surface area contributed by atoms with Crippen molar-refractivity contribution < 1.29 is 4.79 Å². The molecular weight excluding hydrogens is 358 g/mol. The van der Waals surface area contributed by atoms with E-state index in [-0.39, 0.29) is 11.8 Å². The molecule has 0 saturated carbocycles. The van der Waals surface area contributed by atoms with Gasteiger partial charge in [0.25, 0.3) is 0 Å². The molecule has 1 aliphatic heterocycles. The van der Waals surface area contributed by atoms with Crippen LogP contribution in [0.4, 0.5) is 0 Å². The summed E-state index contributed by atoms with van der Waals surface area (Å²) in [5.74, 6) is 0.840. The fourth-order valence-corrected chi connectivity index (χ4v) is 4.19. The van der Waals surface area contributed by atoms with Crippen molar-refractivity contribution in [1.29, 1.82) is 0 Å². The second-order valence-electron chi connectivity index (χ2n) is 7.07. The van der Waals surface area contributed by atoms with Gasteiger partial charge in [-0.3, -0.25) is 4.79 Å². The van der Waals surface area contributed by atoms with E-state index in [1.54, 1.807) is 0 Å². The Balaban J connectivity index is 1.63. The highest BCUT2D eigenvalue weighted by Gasteiger charge is 2.22. The number of aryl methyl sites for hydroxylation is 1. The van der Waals surface area contributed by atoms with Crippen molar-refractivity contribution in [2.45, 2.75) is 52.5 Å². The first-order valence-corrected chi connectivity index (χ1v) is 11.1. The van der Waals surface area contributed by atoms with E-state index in [0.717, 1.165) is 77.3 Å². The lowest BCUT2D eigenvalue weighted by atomic mass is 9.96. The minimum atomic E-state index is -0.137. The Labute approximate surface area is 167 Å². The highest BCUT2D eigenvalue weighted by atomic mass is 32.1. The molecule has 6 nitrogen and oxygen atoms in total. The van der Waals surface area contributed by atoms with Crippen molar-refractivity contribution in [2.24, 2.45) is 16.6 Å². The molecular formula is C20H35N5OS. The van der Waals surface area contributed by atoms with Crippen molar-refractivity contribution >= 4 is 23.2 Å². The summed E-state index contributed by atoms with van der Waals surface area (Å²) < 4.78 is 0. The van der Waals surface area contributed by atoms with Crippen LogP contribution in [0.3, 0.4) is 0 Å². The smallest absolute Gasteiger partial charge is 0.220 e. The molecule has 1 aromatic rings. The molecule has 1 amide bonds. The van der Waals surface area contributed by atoms with Crippen LogP contribution in [0.15, 0.2) is 17.1 Å². The number of hydrogen-bond acceptors (Lipinski definition) is 4. The number of nitrogens with zero attached hydrogens (tertiary/aromatic N) is 2. The third kappa shape index (κ3) is 7.89. The van der Waals surface area contributed by atoms with Crippen molar-refractivity contribution in [2.75, 3.05) is 32.7 Å². The predicted molar refractivity (Wildman–Crippen MR) is 114 cm³/mol. The van der Waals surface area contributed by atoms with Crippen molar-refractivity contribution in [1.82, 2.24) is 15.5 Å². The first-order valence-electron chi connectivity index (χ1n) is 10.2. The third-order valence-corrected chi connectivity index (χ3v) is 6.20. The number of piperidine rings is 1. The number of unbranched alkanes of at least 4 members (excludes halogenated alkanes) is 1. The highest BCUT2D eigenvalue weighted by molar-refractivity contribution is 7.11. The first-order chi connectivity index (χ1) is 13.1. The van der Waals surface area contributed by atoms with Crippen LogP contribution in [-0.4, -0.2) is 49.5 Å². The zero-order valence-electron chi connectivity index (χ0n) is 16.8. The number of primary amides is 1. The number of guanidine groups is 1. The predicted octanol–water partition coefficient (Wildman–Crippen LogP) is 2.34. The minimum Gasteiger partial charge on any atom is -0.369 e. The van der Waals surface area contributed by atoms with Crippen LogP contribution in [0, 0.1) is 5.92 Å². The number of aliphatic imine (C=N–C) groups is 1. The zero-order valence-corrected chi connectivity index (χ0v) is 17.6. The van der Waals surface area contributed by atoms with Gasteiger partial charge in [-0.25, -0.2) is 4.99 Å². The lowest BCUT2D eigenvalue weighted by molar-refractivity contribution is -0.123. The van der Waals surface area contributed by atoms with Crippen LogP contribution in [0.25, 0.3) is 0 Å². The monoisotopic (exact) mass is 393 g/mol. The Bertz CT molecular complexity index is 593. The fraction of sp³-hybridized carbons (Fsp3) is 0.700. The van der Waals surface area contributed by atoms with Crippen LogP contribution in [0.1, 0.15) is 49.3 Å². The van der Waals surface area contributed by atoms with Gasteiger partial charge in [-0.15, -0.1) is 11.3 Å². The molecule has 1 aromatic heterocycles. The molecule has 0 spiro atoms. The van der Waals surface area contributed by atoms with Gasteiger partial charge in [-0.1, -0.05) is 6.92 Å². The molecule has 0 aromatic carbocycles. The lowest BCUT2D eigenvalue weighted by Crippen LogP contribution is -2.39. The van der Waals surface area contributed by atoms with E-state index < -0.39 is 0 Å². The van der Waals surface area contributed by atoms with E-state index in [2.05, 4.69) is 41.5 Å². The van der Waals surface area contributed by atoms with Crippen molar-refractivity contribution in [3.05, 3.63) is 21.9 Å². The summed E-state index contributed by atoms with van der Waals surface area (Å²) in [6.07, 6.45) is 5.17. The number of carbonyl (C=O) groups excluding carboxylic acids is 1. The van der Waals surface area contributed by atoms with Crippen LogP contribution >= 0.6 is 11.3 Å². The van der Waals surface area contributed by atoms with Crippen molar-refractivity contribution in [3.63, 3.8) is 0 Å². The van der Waals surface area contributed by atoms with Crippen LogP contribution in [-0.2, 0) is 17.8 Å². The Hall–Kier alpha value is -1.60. The second kappa shape index (κ2) is 12.0. The average Bonchev–Trinajstić information content (AvgIpc) is 3.14. The molecule has 1 aliphatic rings. The van der Waals surface area contributed by atoms with Gasteiger partial charge in [-0.05, 0) is 70.8 Å². The third-order valence-electron chi connectivity index (χ3n) is 4.99. The number of amides is 1. The van der Waals surface area contributed by atoms with E-state index in [9.17, 15) is 4.79 Å². The van der Waals surface area contributed by atoms with Gasteiger partial charge >= 0.3 is 0 Å². The molecule has 2 heterocycles. The highest BCUT2D eigenvalue weighted by Crippen LogP contribution is 2.18. The van der Waals surface area contributed by atoms with E-state index in [4.69, 9.17) is 10.7 Å². The molecule has 0 unspecified atom stereocenters. The SMILES string of the molecule is CCNC(=NCc1ccc(CC)s1)NCCCCN1CCC(C(N)=O)CC1. The van der Waals surface area contributed by atoms with Gasteiger partial charge in [0.2, 0.25) is 5.91 Å². The van der Waals surface area contributed by atoms with Gasteiger partial charge in [-0.2, -0.15) is 0 Å². The number of thiophene rings is 1. The maximum atomic E-state index is 11.2. The molecule has 4 N–H and O–H groups in total. The number of nitrogens with two attached hydrogens (primary N) is 1. The molecule has 7 heteroatoms. The topological polar surface area (TPSA) is 82.8 Å². The number of nitrogens with one attached hydrogen (secondary N) is 2. The Morgan fingerprint density at radius 3 is 2.59 bits per heavy atom. The molecule has 0 atom stereocenters. The average molecular weight is 394 g/mol. The minimum absolute atomic E-state index is 0.0820. The van der Waals surface area contributed by atoms with Crippen molar-refractivity contribution in [3.8, 4) is 0 Å². The number of hydrogen-bond donors (Lipinski definition) is 3. The number of rotatable bonds is 10. The fourth-order valence-electron chi connectivity index (χ4n) is 3.30. The molecule has 0 bridgehead atoms. The largest absolute Gasteiger partial charge is 0.369 e. The molecule has 0 radical (unpaired) electrons. The van der Waals surface area contributed by atoms with Gasteiger partial charge in [0, 0.05) is 28.8 Å². The summed E-state index contributed by atoms with van der Waals surface area (Å²) >= 11 is 1.85. The molecule has 27 heavy (non-hydrogen) atoms. The first kappa shape index (κ1) is 21.7. The Morgan fingerprint density at radius 1 is 1.22 bits per heavy atom. The van der Waals surface area contributed by atoms with E-state index >= 15 is 0 Å². The van der Waals surface area contributed by atoms with E-state index in [1.807, 2.05) is 11.3 Å². The summed E-state index contributed by atoms with van der Waals surface area (Å²) in [6, 6.07) is 4.38. The summed E-state index contributed by atoms with van der Waals surface area (Å²) in [5.41, 5.74) is 5.39. The van der Waals surface area contributed by atoms with E-state index in [0.29, 0.717) is 0 Å². The Morgan fingerprint density at radius 2 is 1.96 bits per heavy atom. The second-order valence-corrected chi connectivity index (χ2v) is 8.32. The maximum absolute atomic E-state index is 11.2. The van der Waals surface area contributed by atoms with Crippen LogP contribution in [0.5, 0.6) is 0 Å². The molecule has 2 rings (SSSR count). The summed E-state index contributed by atoms with van der Waals surface area (Å²) in [4.78, 5) is 21.1. The zero-order chi connectivity index (χ0) is 19.5. The lowest BCUT2D eigenvalue weighted by Gasteiger charge is -2.30. The Kier molecular flexibility index (Phi) is 9.62. The van der Waals surface area contributed by atoms with Crippen LogP contribution in [0.2, 0.25) is 0 Å². The van der Waals surface area contributed by atoms with Gasteiger partial charge in [0.15, 0.2) is 5.96 Å². The number of likely N-dealkylation sites (tertiary alicyclic amines) is 1. The number of carbonyl (C=O) groups is 1. The summed E-state index contributed by atoms with van der Waals surface area (Å²) in [5, 5.41) is 6.75. The maximum Gasteiger partial charge on any atom is 0.220 e. The standard InChI is InChI=1S/C20H35N5OS/c1-3-17-7-8-18(27-17)15-24-20(22-4-2)23-11-5-6-12-25-13-9-16(10-14-25)19(21)26/h7-8,16H,3-6,9-15H2,1-2H3,(H2,21,26)(H2,22,23,24). The summed E-state index contributed by atoms with van der Waals surface area (Å²) in [7, 11) is 0. The molecule has 152 valence electrons. The molecule has 1 fully saturated rings. The normalized spacial score (nSPS) is 16.4. The molecule has 1 saturated heterocycles. The van der Waals surface area contributed by atoms with Gasteiger partial charge in [0.05, 0.1) is 6.54 Å².